The molecule has 2 rings (SSSR count). The summed E-state index contributed by atoms with van der Waals surface area (Å²) in [5.41, 5.74) is -6.73. The van der Waals surface area contributed by atoms with Gasteiger partial charge in [-0.05, 0) is 26.0 Å². The number of nitrogens with zero attached hydrogens (tertiary/aromatic N) is 2. The molecule has 12 heteroatoms. The Kier molecular flexibility index (Phi) is 5.90. The maximum atomic E-state index is 14.5. The number of aliphatic carboxylic acids is 1. The molecular formula is C18H16ClF3N2O6. The van der Waals surface area contributed by atoms with Gasteiger partial charge in [-0.3, -0.25) is 9.36 Å². The number of hydrogen-bond donors (Lipinski definition) is 1. The summed E-state index contributed by atoms with van der Waals surface area (Å²) in [7, 11) is 0.962. The second kappa shape index (κ2) is 7.63. The lowest BCUT2D eigenvalue weighted by molar-refractivity contribution is -0.155. The number of carboxylic acid groups (broad SMARTS) is 1. The average molecular weight is 449 g/mol. The van der Waals surface area contributed by atoms with Gasteiger partial charge in [-0.15, -0.1) is 0 Å². The lowest BCUT2D eigenvalue weighted by Crippen LogP contribution is -2.41. The van der Waals surface area contributed by atoms with Crippen LogP contribution in [0.25, 0.3) is 5.69 Å². The van der Waals surface area contributed by atoms with Crippen molar-refractivity contribution in [3.8, 4) is 5.69 Å². The molecule has 0 bridgehead atoms. The van der Waals surface area contributed by atoms with Gasteiger partial charge >= 0.3 is 17.6 Å². The third-order valence-electron chi connectivity index (χ3n) is 4.13. The molecule has 0 saturated heterocycles. The molecule has 0 saturated carbocycles. The maximum absolute atomic E-state index is 14.5. The van der Waals surface area contributed by atoms with E-state index in [0.29, 0.717) is 29.7 Å². The largest absolute Gasteiger partial charge is 0.478 e. The van der Waals surface area contributed by atoms with E-state index < -0.39 is 62.5 Å². The molecule has 8 nitrogen and oxygen atoms in total. The van der Waals surface area contributed by atoms with Crippen molar-refractivity contribution in [1.29, 1.82) is 0 Å². The second-order valence-corrected chi connectivity index (χ2v) is 7.33. The van der Waals surface area contributed by atoms with E-state index >= 15 is 0 Å². The van der Waals surface area contributed by atoms with Crippen molar-refractivity contribution in [3.05, 3.63) is 61.1 Å². The van der Waals surface area contributed by atoms with Gasteiger partial charge in [0.2, 0.25) is 5.60 Å². The number of halogens is 4. The summed E-state index contributed by atoms with van der Waals surface area (Å²) < 4.78 is 47.3. The second-order valence-electron chi connectivity index (χ2n) is 6.92. The van der Waals surface area contributed by atoms with E-state index in [1.54, 1.807) is 0 Å². The standard InChI is InChI=1S/C18H16ClF3N2O6/c1-17(2,15(27)28)30-14(26)8-5-11(10(20)6-9(8)19)24-13(25)7-12(18(3,21)22)23(4)16(24)29/h5-7H,1-4H3,(H,27,28). The third-order valence-corrected chi connectivity index (χ3v) is 4.44. The van der Waals surface area contributed by atoms with Crippen molar-refractivity contribution in [2.75, 3.05) is 0 Å². The van der Waals surface area contributed by atoms with E-state index in [0.717, 1.165) is 20.9 Å². The molecule has 1 heterocycles. The zero-order chi connectivity index (χ0) is 23.2. The van der Waals surface area contributed by atoms with Gasteiger partial charge in [0.1, 0.15) is 5.82 Å². The van der Waals surface area contributed by atoms with Crippen LogP contribution in [0.3, 0.4) is 0 Å². The van der Waals surface area contributed by atoms with Crippen molar-refractivity contribution in [1.82, 2.24) is 9.13 Å². The molecule has 0 aliphatic rings. The molecule has 0 unspecified atom stereocenters. The van der Waals surface area contributed by atoms with Crippen LogP contribution in [0.1, 0.15) is 36.8 Å². The lowest BCUT2D eigenvalue weighted by atomic mass is 10.1. The van der Waals surface area contributed by atoms with Gasteiger partial charge in [-0.25, -0.2) is 32.1 Å². The normalized spacial score (nSPS) is 12.0. The maximum Gasteiger partial charge on any atom is 0.347 e. The van der Waals surface area contributed by atoms with Crippen molar-refractivity contribution < 1.29 is 32.6 Å². The Morgan fingerprint density at radius 1 is 1.13 bits per heavy atom. The number of carboxylic acids is 1. The lowest BCUT2D eigenvalue weighted by Gasteiger charge is -2.21. The Morgan fingerprint density at radius 3 is 2.20 bits per heavy atom. The monoisotopic (exact) mass is 448 g/mol. The summed E-state index contributed by atoms with van der Waals surface area (Å²) in [6, 6.07) is 1.76. The number of ether oxygens (including phenoxy) is 1. The molecule has 30 heavy (non-hydrogen) atoms. The van der Waals surface area contributed by atoms with Crippen LogP contribution in [-0.2, 0) is 22.5 Å². The van der Waals surface area contributed by atoms with Crippen LogP contribution in [0, 0.1) is 5.82 Å². The molecule has 0 spiro atoms. The minimum absolute atomic E-state index is 0.236. The molecule has 1 aromatic heterocycles. The number of hydrogen-bond acceptors (Lipinski definition) is 5. The first-order valence-electron chi connectivity index (χ1n) is 8.25. The highest BCUT2D eigenvalue weighted by atomic mass is 35.5. The van der Waals surface area contributed by atoms with Gasteiger partial charge < -0.3 is 9.84 Å². The molecule has 1 N–H and O–H groups in total. The Hall–Kier alpha value is -3.08. The van der Waals surface area contributed by atoms with Crippen LogP contribution in [0.5, 0.6) is 0 Å². The van der Waals surface area contributed by atoms with Gasteiger partial charge in [-0.2, -0.15) is 0 Å². The molecule has 1 aromatic carbocycles. The fourth-order valence-electron chi connectivity index (χ4n) is 2.46. The summed E-state index contributed by atoms with van der Waals surface area (Å²) in [6.45, 7) is 2.64. The zero-order valence-corrected chi connectivity index (χ0v) is 16.9. The molecular weight excluding hydrogens is 433 g/mol. The van der Waals surface area contributed by atoms with Crippen molar-refractivity contribution in [3.63, 3.8) is 0 Å². The van der Waals surface area contributed by atoms with E-state index in [9.17, 15) is 32.3 Å². The molecule has 0 fully saturated rings. The first-order chi connectivity index (χ1) is 13.6. The Labute approximate surface area is 172 Å². The molecule has 0 atom stereocenters. The number of rotatable bonds is 5. The van der Waals surface area contributed by atoms with E-state index in [1.807, 2.05) is 0 Å². The predicted octanol–water partition coefficient (Wildman–Crippen LogP) is 2.46. The molecule has 0 aliphatic carbocycles. The summed E-state index contributed by atoms with van der Waals surface area (Å²) in [6.07, 6.45) is 0. The molecule has 0 radical (unpaired) electrons. The zero-order valence-electron chi connectivity index (χ0n) is 16.1. The molecule has 162 valence electrons. The first kappa shape index (κ1) is 23.2. The summed E-state index contributed by atoms with van der Waals surface area (Å²) in [5.74, 6) is -7.47. The van der Waals surface area contributed by atoms with Gasteiger partial charge in [0, 0.05) is 20.0 Å². The molecule has 2 aromatic rings. The topological polar surface area (TPSA) is 108 Å². The average Bonchev–Trinajstić information content (AvgIpc) is 2.58. The van der Waals surface area contributed by atoms with Crippen LogP contribution < -0.4 is 11.2 Å². The van der Waals surface area contributed by atoms with Crippen molar-refractivity contribution in [2.24, 2.45) is 7.05 Å². The smallest absolute Gasteiger partial charge is 0.347 e. The third kappa shape index (κ3) is 4.25. The molecule has 0 amide bonds. The Bertz CT molecular complexity index is 1160. The minimum Gasteiger partial charge on any atom is -0.478 e. The number of carbonyl (C=O) groups excluding carboxylic acids is 1. The highest BCUT2D eigenvalue weighted by Gasteiger charge is 2.34. The van der Waals surface area contributed by atoms with Crippen LogP contribution in [0.15, 0.2) is 27.8 Å². The van der Waals surface area contributed by atoms with E-state index in [-0.39, 0.29) is 4.57 Å². The van der Waals surface area contributed by atoms with E-state index in [1.165, 1.54) is 0 Å². The van der Waals surface area contributed by atoms with Crippen LogP contribution in [0.2, 0.25) is 5.02 Å². The van der Waals surface area contributed by atoms with Gasteiger partial charge in [0.25, 0.3) is 11.5 Å². The molecule has 0 aliphatic heterocycles. The van der Waals surface area contributed by atoms with Gasteiger partial charge in [-0.1, -0.05) is 11.6 Å². The van der Waals surface area contributed by atoms with Gasteiger partial charge in [0.15, 0.2) is 0 Å². The SMILES string of the molecule is Cn1c(C(C)(F)F)cc(=O)n(-c2cc(C(=O)OC(C)(C)C(=O)O)c(Cl)cc2F)c1=O. The van der Waals surface area contributed by atoms with Crippen molar-refractivity contribution in [2.45, 2.75) is 32.3 Å². The Balaban J connectivity index is 2.71. The number of benzene rings is 1. The predicted molar refractivity (Wildman–Crippen MR) is 98.9 cm³/mol. The van der Waals surface area contributed by atoms with Crippen LogP contribution in [0.4, 0.5) is 13.2 Å². The fourth-order valence-corrected chi connectivity index (χ4v) is 2.69. The minimum atomic E-state index is -3.53. The number of esters is 1. The van der Waals surface area contributed by atoms with E-state index in [4.69, 9.17) is 21.4 Å². The van der Waals surface area contributed by atoms with Crippen LogP contribution in [-0.4, -0.2) is 31.8 Å². The fraction of sp³-hybridized carbons (Fsp3) is 0.333. The quantitative estimate of drug-likeness (QED) is 0.704. The van der Waals surface area contributed by atoms with Crippen LogP contribution >= 0.6 is 11.6 Å². The highest BCUT2D eigenvalue weighted by molar-refractivity contribution is 6.33. The summed E-state index contributed by atoms with van der Waals surface area (Å²) >= 11 is 5.83. The first-order valence-corrected chi connectivity index (χ1v) is 8.63. The number of carbonyl (C=O) groups is 2. The summed E-state index contributed by atoms with van der Waals surface area (Å²) in [4.78, 5) is 48.3. The number of aromatic nitrogens is 2. The Morgan fingerprint density at radius 2 is 1.70 bits per heavy atom. The van der Waals surface area contributed by atoms with E-state index in [2.05, 4.69) is 0 Å². The number of alkyl halides is 2. The summed E-state index contributed by atoms with van der Waals surface area (Å²) in [5, 5.41) is 8.57. The van der Waals surface area contributed by atoms with Gasteiger partial charge in [0.05, 0.1) is 22.0 Å². The highest BCUT2D eigenvalue weighted by Crippen LogP contribution is 2.26. The van der Waals surface area contributed by atoms with Crippen molar-refractivity contribution >= 4 is 23.5 Å².